The molecule has 0 aliphatic carbocycles. The zero-order chi connectivity index (χ0) is 62.5. The van der Waals surface area contributed by atoms with Gasteiger partial charge in [-0.15, -0.1) is 34.4 Å². The van der Waals surface area contributed by atoms with E-state index in [1.807, 2.05) is 20.8 Å². The number of Topliss-reactive ketones (excluding diaryl/α,β-unsaturated/α-hetero) is 2. The smallest absolute Gasteiger partial charge is 0.408 e. The number of ether oxygens (including phenoxy) is 5. The Balaban J connectivity index is -0.00000106. The van der Waals surface area contributed by atoms with Crippen molar-refractivity contribution in [1.82, 2.24) is 15.7 Å². The molecule has 1 heterocycles. The van der Waals surface area contributed by atoms with Gasteiger partial charge in [0.15, 0.2) is 5.78 Å². The molecule has 24 nitrogen and oxygen atoms in total. The van der Waals surface area contributed by atoms with Crippen molar-refractivity contribution in [2.45, 2.75) is 157 Å². The van der Waals surface area contributed by atoms with Crippen LogP contribution in [-0.2, 0) is 165 Å². The van der Waals surface area contributed by atoms with Crippen LogP contribution in [0.15, 0.2) is 36.4 Å². The third-order valence-corrected chi connectivity index (χ3v) is 10.7. The van der Waals surface area contributed by atoms with E-state index >= 15 is 0 Å². The van der Waals surface area contributed by atoms with Crippen LogP contribution in [0, 0.1) is 39.0 Å². The first-order valence-electron chi connectivity index (χ1n) is 26.3. The van der Waals surface area contributed by atoms with E-state index in [0.717, 1.165) is 16.7 Å². The number of nitrogens with one attached hydrogen (secondary N) is 2. The molecule has 0 spiro atoms. The molecule has 1 aliphatic heterocycles. The molecule has 3 atom stereocenters. The number of imide groups is 1. The number of nitrogens with zero attached hydrogens (tertiary/aromatic N) is 1. The second-order valence-electron chi connectivity index (χ2n) is 20.4. The summed E-state index contributed by atoms with van der Waals surface area (Å²) in [5, 5.41) is 34.5. The van der Waals surface area contributed by atoms with Gasteiger partial charge < -0.3 is 65.9 Å². The number of nitrogens with two attached hydrogens (primary N) is 2. The van der Waals surface area contributed by atoms with Crippen LogP contribution in [0.3, 0.4) is 0 Å². The summed E-state index contributed by atoms with van der Waals surface area (Å²) in [5.41, 5.74) is 14.0. The van der Waals surface area contributed by atoms with Gasteiger partial charge in [0.25, 0.3) is 11.8 Å². The molecule has 0 aromatic heterocycles. The number of hydrogen-bond donors (Lipinski definition) is 7. The van der Waals surface area contributed by atoms with Crippen molar-refractivity contribution in [3.05, 3.63) is 88.0 Å². The Bertz CT molecular complexity index is 2660. The molecule has 9 N–H and O–H groups in total. The number of rotatable bonds is 22. The fourth-order valence-electron chi connectivity index (χ4n) is 7.14. The van der Waals surface area contributed by atoms with Crippen molar-refractivity contribution < 1.29 is 190 Å². The Morgan fingerprint density at radius 3 is 1.26 bits per heavy atom. The second kappa shape index (κ2) is 42.9. The average molecular weight is 1420 g/mol. The largest absolute Gasteiger partial charge is 0.534 e. The maximum Gasteiger partial charge on any atom is 0.408 e. The molecule has 27 heteroatoms. The molecule has 85 heavy (non-hydrogen) atoms. The van der Waals surface area contributed by atoms with Crippen LogP contribution in [0.25, 0.3) is 0 Å². The van der Waals surface area contributed by atoms with Crippen LogP contribution in [0.2, 0.25) is 0 Å². The SMILES string of the molecule is CC(C)(C)OC(=O)NCC(=O)ON1C(=O)CCC1=O.CCOC(=O)CC(CC(=O)CN)c1cc(C)c[c-]c1O.CCOC(=O)CC(CC(=O)CNC(=O)OC(C)(C)C)c1cc(C)c[c-]c1O.CCOC(=O)CC(N)c1cc(C)c[c-]c1O.[Y].[Y].[Y]. The summed E-state index contributed by atoms with van der Waals surface area (Å²) in [6.07, 6.45) is -1.36. The summed E-state index contributed by atoms with van der Waals surface area (Å²) in [4.78, 5) is 120. The van der Waals surface area contributed by atoms with Crippen LogP contribution < -0.4 is 22.1 Å². The van der Waals surface area contributed by atoms with E-state index in [4.69, 9.17) is 35.2 Å². The summed E-state index contributed by atoms with van der Waals surface area (Å²) < 4.78 is 24.6. The van der Waals surface area contributed by atoms with Gasteiger partial charge in [-0.05, 0) is 80.2 Å². The predicted octanol–water partition coefficient (Wildman–Crippen LogP) is 6.04. The van der Waals surface area contributed by atoms with Crippen molar-refractivity contribution in [2.24, 2.45) is 11.5 Å². The number of amides is 4. The number of alkyl carbamates (subject to hydrolysis) is 2. The van der Waals surface area contributed by atoms with Crippen LogP contribution in [-0.4, -0.2) is 130 Å². The molecule has 4 amide bonds. The molecule has 1 fully saturated rings. The maximum absolute atomic E-state index is 12.3. The number of carbonyl (C=O) groups is 10. The molecule has 3 aromatic rings. The van der Waals surface area contributed by atoms with E-state index < -0.39 is 77.5 Å². The molecule has 0 saturated carbocycles. The van der Waals surface area contributed by atoms with Gasteiger partial charge in [-0.2, -0.15) is 53.1 Å². The Kier molecular flexibility index (Phi) is 42.6. The zero-order valence-corrected chi connectivity index (χ0v) is 59.1. The molecule has 4 rings (SSSR count). The Labute approximate surface area is 572 Å². The standard InChI is InChI=1S/C20H28NO6.C15H20NO4.C12H16NO3.C11H16N2O6.3Y/c1-6-26-18(24)11-14(16-9-13(2)7-8-17(16)23)10-15(22)12-21-19(25)27-20(3,4)5;1-3-20-15(19)8-11(7-12(17)9-16)13-6-10(2)4-5-14(13)18;1-3-16-12(15)7-10(13)9-6-8(2)4-5-11(9)14;1-11(2,3)18-10(17)12-6-9(16)19-13-7(14)4-5-8(13)15;;;/h7,9,14,23H,6,10-12H2,1-5H3,(H,21,25);4,6,11,18H,3,7-9,16H2,1-2H3;4,6,10,14H,3,7,13H2,1-2H3;4-6H2,1-3H3,(H,12,17);;;/q3*-1;;;;. The first-order valence-corrected chi connectivity index (χ1v) is 26.3. The first kappa shape index (κ1) is 84.4. The van der Waals surface area contributed by atoms with Crippen LogP contribution in [0.1, 0.15) is 159 Å². The number of hydrogen-bond acceptors (Lipinski definition) is 21. The van der Waals surface area contributed by atoms with Gasteiger partial charge in [0.1, 0.15) is 23.5 Å². The molecule has 3 unspecified atom stereocenters. The monoisotopic (exact) mass is 1420 g/mol. The van der Waals surface area contributed by atoms with Gasteiger partial charge in [0, 0.05) is 154 Å². The van der Waals surface area contributed by atoms with Gasteiger partial charge >= 0.3 is 36.1 Å². The summed E-state index contributed by atoms with van der Waals surface area (Å²) in [7, 11) is 0. The summed E-state index contributed by atoms with van der Waals surface area (Å²) in [5.74, 6) is -4.94. The van der Waals surface area contributed by atoms with Crippen LogP contribution in [0.4, 0.5) is 9.59 Å². The van der Waals surface area contributed by atoms with Crippen molar-refractivity contribution in [2.75, 3.05) is 39.5 Å². The van der Waals surface area contributed by atoms with Crippen molar-refractivity contribution in [3.8, 4) is 17.2 Å². The van der Waals surface area contributed by atoms with E-state index in [-0.39, 0.29) is 204 Å². The first-order chi connectivity index (χ1) is 38.2. The number of hydroxylamine groups is 2. The maximum atomic E-state index is 12.3. The number of aryl methyl sites for hydroxylation is 3. The third kappa shape index (κ3) is 36.2. The number of ketones is 2. The number of esters is 3. The Hall–Kier alpha value is -4.81. The quantitative estimate of drug-likeness (QED) is 0.0261. The zero-order valence-electron chi connectivity index (χ0n) is 50.6. The Morgan fingerprint density at radius 1 is 0.553 bits per heavy atom. The molecular weight excluding hydrogens is 1340 g/mol. The van der Waals surface area contributed by atoms with Crippen molar-refractivity contribution in [1.29, 1.82) is 0 Å². The van der Waals surface area contributed by atoms with E-state index in [2.05, 4.69) is 33.7 Å². The number of benzene rings is 3. The fraction of sp³-hybridized carbons (Fsp3) is 0.517. The summed E-state index contributed by atoms with van der Waals surface area (Å²) in [6, 6.07) is 17.7. The van der Waals surface area contributed by atoms with Crippen LogP contribution in [0.5, 0.6) is 17.2 Å². The molecule has 1 saturated heterocycles. The number of carbonyl (C=O) groups excluding carboxylic acids is 10. The molecular formula is C58H80N5O19Y3-3. The van der Waals surface area contributed by atoms with Gasteiger partial charge in [-0.1, -0.05) is 26.3 Å². The number of phenolic OH excluding ortho intramolecular Hbond substituents is 3. The topological polar surface area (TPSA) is 366 Å². The summed E-state index contributed by atoms with van der Waals surface area (Å²) >= 11 is 0. The van der Waals surface area contributed by atoms with E-state index in [0.29, 0.717) is 28.4 Å². The van der Waals surface area contributed by atoms with Gasteiger partial charge in [0.05, 0.1) is 39.3 Å². The molecule has 3 radical (unpaired) electrons. The van der Waals surface area contributed by atoms with E-state index in [9.17, 15) is 63.3 Å². The minimum atomic E-state index is -0.922. The van der Waals surface area contributed by atoms with Crippen LogP contribution >= 0.6 is 0 Å². The fourth-order valence-corrected chi connectivity index (χ4v) is 7.14. The molecule has 463 valence electrons. The van der Waals surface area contributed by atoms with E-state index in [1.54, 1.807) is 98.7 Å². The van der Waals surface area contributed by atoms with Gasteiger partial charge in [0.2, 0.25) is 0 Å². The predicted molar refractivity (Wildman–Crippen MR) is 295 cm³/mol. The molecule has 1 aliphatic rings. The number of aromatic hydroxyl groups is 3. The van der Waals surface area contributed by atoms with Gasteiger partial charge in [-0.25, -0.2) is 14.4 Å². The minimum absolute atomic E-state index is 0. The molecule has 0 bridgehead atoms. The Morgan fingerprint density at radius 2 is 0.894 bits per heavy atom. The third-order valence-electron chi connectivity index (χ3n) is 10.7. The normalized spacial score (nSPS) is 12.4. The average Bonchev–Trinajstić information content (AvgIpc) is 3.85. The minimum Gasteiger partial charge on any atom is -0.534 e. The second-order valence-corrected chi connectivity index (χ2v) is 20.4. The van der Waals surface area contributed by atoms with E-state index in [1.165, 1.54) is 0 Å². The van der Waals surface area contributed by atoms with Crippen molar-refractivity contribution in [3.63, 3.8) is 0 Å². The molecule has 3 aromatic carbocycles. The van der Waals surface area contributed by atoms with Gasteiger partial charge in [-0.3, -0.25) is 33.6 Å². The number of phenols is 3. The summed E-state index contributed by atoms with van der Waals surface area (Å²) in [6.45, 7) is 20.9. The van der Waals surface area contributed by atoms with Crippen molar-refractivity contribution >= 4 is 59.4 Å².